The van der Waals surface area contributed by atoms with Gasteiger partial charge in [-0.2, -0.15) is 0 Å². The van der Waals surface area contributed by atoms with E-state index in [0.29, 0.717) is 23.7 Å². The zero-order chi connectivity index (χ0) is 56.0. The molecule has 2 aromatic rings. The highest BCUT2D eigenvalue weighted by atomic mass is 28.3. The van der Waals surface area contributed by atoms with Crippen LogP contribution in [-0.2, 0) is 63.9 Å². The molecule has 0 unspecified atom stereocenters. The second kappa shape index (κ2) is 30.0. The number of nitro benzene ring substituents is 1. The molecule has 0 fully saturated rings. The van der Waals surface area contributed by atoms with E-state index in [0.717, 1.165) is 19.1 Å². The summed E-state index contributed by atoms with van der Waals surface area (Å²) in [6.45, 7) is 23.4. The molecule has 0 aliphatic carbocycles. The van der Waals surface area contributed by atoms with Crippen LogP contribution in [0.15, 0.2) is 48.5 Å². The van der Waals surface area contributed by atoms with Crippen molar-refractivity contribution < 1.29 is 71.8 Å². The van der Waals surface area contributed by atoms with Gasteiger partial charge in [0, 0.05) is 55.4 Å². The summed E-state index contributed by atoms with van der Waals surface area (Å²) in [4.78, 5) is 130. The Kier molecular flexibility index (Phi) is 25.8. The van der Waals surface area contributed by atoms with Gasteiger partial charge in [-0.3, -0.25) is 48.5 Å². The Morgan fingerprint density at radius 3 is 1.49 bits per heavy atom. The lowest BCUT2D eigenvalue weighted by Crippen LogP contribution is -2.59. The number of nitrogens with one attached hydrogen (secondary N) is 5. The molecule has 22 nitrogen and oxygen atoms in total. The summed E-state index contributed by atoms with van der Waals surface area (Å²) in [5, 5.41) is 23.7. The van der Waals surface area contributed by atoms with Crippen LogP contribution in [0.5, 0.6) is 5.75 Å². The number of amides is 5. The summed E-state index contributed by atoms with van der Waals surface area (Å²) < 4.78 is 26.4. The van der Waals surface area contributed by atoms with Crippen molar-refractivity contribution >= 4 is 89.2 Å². The highest BCUT2D eigenvalue weighted by Gasteiger charge is 2.35. The minimum atomic E-state index is -1.63. The number of nitro groups is 1. The topological polar surface area (TPSA) is 303 Å². The number of non-ortho nitro benzene ring substituents is 1. The number of esters is 3. The van der Waals surface area contributed by atoms with Crippen molar-refractivity contribution in [3.8, 4) is 5.75 Å². The molecule has 0 aliphatic heterocycles. The second-order valence-electron chi connectivity index (χ2n) is 21.7. The van der Waals surface area contributed by atoms with E-state index in [1.54, 1.807) is 13.8 Å². The molecule has 0 aliphatic rings. The first-order valence-electron chi connectivity index (χ1n) is 24.4. The quantitative estimate of drug-likeness (QED) is 0.0148. The second-order valence-corrected chi connectivity index (χ2v) is 38.6. The maximum Gasteiger partial charge on any atom is 0.514 e. The Labute approximate surface area is 436 Å². The monoisotopic (exact) mass is 1090 g/mol. The van der Waals surface area contributed by atoms with Crippen LogP contribution in [0.2, 0.25) is 77.1 Å². The van der Waals surface area contributed by atoms with Gasteiger partial charge < -0.3 is 50.3 Å². The Bertz CT molecular complexity index is 2260. The van der Waals surface area contributed by atoms with Gasteiger partial charge in [0.25, 0.3) is 5.69 Å². The van der Waals surface area contributed by atoms with Crippen LogP contribution in [0.25, 0.3) is 0 Å². The number of rotatable bonds is 30. The molecule has 0 saturated carbocycles. The molecule has 0 aromatic heterocycles. The lowest BCUT2D eigenvalue weighted by molar-refractivity contribution is -0.384. The molecule has 0 spiro atoms. The molecule has 5 N–H and O–H groups in total. The molecule has 410 valence electrons. The molecule has 0 bridgehead atoms. The van der Waals surface area contributed by atoms with Crippen molar-refractivity contribution in [2.75, 3.05) is 25.1 Å². The molecule has 2 rings (SSSR count). The van der Waals surface area contributed by atoms with E-state index < -0.39 is 126 Å². The smallest absolute Gasteiger partial charge is 0.466 e. The average Bonchev–Trinajstić information content (AvgIpc) is 3.27. The molecule has 2 aromatic carbocycles. The van der Waals surface area contributed by atoms with Crippen LogP contribution < -0.4 is 31.3 Å². The van der Waals surface area contributed by atoms with Crippen molar-refractivity contribution in [3.63, 3.8) is 0 Å². The zero-order valence-electron chi connectivity index (χ0n) is 44.8. The fourth-order valence-corrected chi connectivity index (χ4v) is 8.41. The van der Waals surface area contributed by atoms with Crippen molar-refractivity contribution in [2.24, 2.45) is 5.92 Å². The molecule has 0 saturated heterocycles. The van der Waals surface area contributed by atoms with Crippen LogP contribution in [0.4, 0.5) is 16.2 Å². The summed E-state index contributed by atoms with van der Waals surface area (Å²) >= 11 is 0. The Morgan fingerprint density at radius 2 is 1.03 bits per heavy atom. The van der Waals surface area contributed by atoms with E-state index in [2.05, 4.69) is 85.5 Å². The summed E-state index contributed by atoms with van der Waals surface area (Å²) in [5.74, 6) is -7.04. The summed E-state index contributed by atoms with van der Waals surface area (Å²) in [7, 11) is -4.79. The third-order valence-corrected chi connectivity index (χ3v) is 15.9. The largest absolute Gasteiger partial charge is 0.514 e. The number of anilines is 1. The standard InChI is InChI=1S/C49H76N6O16Si3/c1-32(2)44(54-45(60)38(21-22-41(57)67-23-26-72(4,5)6)52-47(62)39(50-33(3)56)29-42(58)68-24-27-73(7,8)9)48(63)53-40(30-43(59)69-25-28-74(10,11)12)46(61)51-35-15-13-34(14-16-35)31-70-49(64)71-37-19-17-36(18-20-37)55(65)66/h13-20,32,38-40,44H,21-31H2,1-12H3,(H,50,56)(H,51,61)(H,52,62)(H,53,63)(H,54,60)/t38-,39-,40-,44-/m0/s1. The lowest BCUT2D eigenvalue weighted by atomic mass is 10.0. The first kappa shape index (κ1) is 63.6. The van der Waals surface area contributed by atoms with Gasteiger partial charge in [0.1, 0.15) is 36.5 Å². The minimum Gasteiger partial charge on any atom is -0.466 e. The van der Waals surface area contributed by atoms with Crippen molar-refractivity contribution in [3.05, 3.63) is 64.2 Å². The van der Waals surface area contributed by atoms with Crippen molar-refractivity contribution in [1.29, 1.82) is 0 Å². The van der Waals surface area contributed by atoms with Crippen LogP contribution in [0.1, 0.15) is 52.0 Å². The van der Waals surface area contributed by atoms with Crippen molar-refractivity contribution in [2.45, 2.75) is 154 Å². The number of carbonyl (C=O) groups excluding carboxylic acids is 9. The van der Waals surface area contributed by atoms with Gasteiger partial charge in [-0.1, -0.05) is 84.9 Å². The van der Waals surface area contributed by atoms with Gasteiger partial charge in [-0.25, -0.2) is 4.79 Å². The first-order chi connectivity index (χ1) is 34.3. The van der Waals surface area contributed by atoms with Gasteiger partial charge in [0.15, 0.2) is 0 Å². The zero-order valence-corrected chi connectivity index (χ0v) is 47.8. The molecular formula is C49H76N6O16Si3. The maximum absolute atomic E-state index is 14.2. The van der Waals surface area contributed by atoms with E-state index in [1.807, 2.05) is 0 Å². The SMILES string of the molecule is CC(=O)N[C@@H](CC(=O)OCC[Si](C)(C)C)C(=O)N[C@@H](CCC(=O)OCC[Si](C)(C)C)C(=O)N[C@H](C(=O)N[C@@H](CC(=O)OCC[Si](C)(C)C)C(=O)Nc1ccc(COC(=O)Oc2ccc([N+](=O)[O-])cc2)cc1)C(C)C. The number of benzene rings is 2. The van der Waals surface area contributed by atoms with E-state index in [9.17, 15) is 53.3 Å². The van der Waals surface area contributed by atoms with Gasteiger partial charge >= 0.3 is 24.1 Å². The first-order valence-corrected chi connectivity index (χ1v) is 35.6. The third kappa shape index (κ3) is 27.0. The van der Waals surface area contributed by atoms with E-state index in [-0.39, 0.29) is 56.4 Å². The molecular weight excluding hydrogens is 1010 g/mol. The summed E-state index contributed by atoms with van der Waals surface area (Å²) in [6, 6.07) is 6.90. The Hall–Kier alpha value is -6.48. The molecule has 0 heterocycles. The minimum absolute atomic E-state index is 0.0234. The molecule has 0 radical (unpaired) electrons. The number of nitrogens with zero attached hydrogens (tertiary/aromatic N) is 1. The number of carbonyl (C=O) groups is 9. The molecule has 4 atom stereocenters. The molecule has 25 heteroatoms. The van der Waals surface area contributed by atoms with E-state index in [1.165, 1.54) is 36.4 Å². The average molecular weight is 1090 g/mol. The van der Waals surface area contributed by atoms with Gasteiger partial charge in [-0.05, 0) is 60.3 Å². The third-order valence-electron chi connectivity index (χ3n) is 10.8. The summed E-state index contributed by atoms with van der Waals surface area (Å²) in [6.07, 6.45) is -2.89. The predicted octanol–water partition coefficient (Wildman–Crippen LogP) is 6.07. The van der Waals surface area contributed by atoms with Crippen LogP contribution in [0.3, 0.4) is 0 Å². The van der Waals surface area contributed by atoms with Crippen LogP contribution >= 0.6 is 0 Å². The summed E-state index contributed by atoms with van der Waals surface area (Å²) in [5.41, 5.74) is 0.509. The van der Waals surface area contributed by atoms with E-state index in [4.69, 9.17) is 23.7 Å². The fraction of sp³-hybridized carbons (Fsp3) is 0.571. The maximum atomic E-state index is 14.2. The van der Waals surface area contributed by atoms with Gasteiger partial charge in [-0.15, -0.1) is 0 Å². The number of hydrogen-bond donors (Lipinski definition) is 5. The van der Waals surface area contributed by atoms with Gasteiger partial charge in [0.05, 0.1) is 37.6 Å². The highest BCUT2D eigenvalue weighted by Crippen LogP contribution is 2.19. The number of hydrogen-bond acceptors (Lipinski definition) is 16. The fourth-order valence-electron chi connectivity index (χ4n) is 6.27. The Morgan fingerprint density at radius 1 is 0.568 bits per heavy atom. The van der Waals surface area contributed by atoms with Crippen LogP contribution in [0, 0.1) is 16.0 Å². The Balaban J connectivity index is 2.34. The van der Waals surface area contributed by atoms with Crippen molar-refractivity contribution in [1.82, 2.24) is 21.3 Å². The van der Waals surface area contributed by atoms with Gasteiger partial charge in [0.2, 0.25) is 29.5 Å². The predicted molar refractivity (Wildman–Crippen MR) is 283 cm³/mol. The number of ether oxygens (including phenoxy) is 5. The normalized spacial score (nSPS) is 13.1. The van der Waals surface area contributed by atoms with E-state index >= 15 is 0 Å². The molecule has 5 amide bonds. The lowest BCUT2D eigenvalue weighted by Gasteiger charge is -2.28. The highest BCUT2D eigenvalue weighted by molar-refractivity contribution is 6.76. The molecule has 74 heavy (non-hydrogen) atoms. The van der Waals surface area contributed by atoms with Crippen LogP contribution in [-0.4, -0.2) is 127 Å².